The summed E-state index contributed by atoms with van der Waals surface area (Å²) >= 11 is 4.82. The molecule has 2 rings (SSSR count). The number of thiocarbonyl (C=S) groups is 1. The van der Waals surface area contributed by atoms with Crippen molar-refractivity contribution in [1.29, 1.82) is 0 Å². The Bertz CT molecular complexity index is 720. The summed E-state index contributed by atoms with van der Waals surface area (Å²) < 4.78 is 28.4. The molecule has 2 aromatic rings. The van der Waals surface area contributed by atoms with E-state index in [-0.39, 0.29) is 16.4 Å². The average molecular weight is 310 g/mol. The van der Waals surface area contributed by atoms with Crippen LogP contribution in [-0.4, -0.2) is 23.2 Å². The maximum Gasteiger partial charge on any atom is 0.240 e. The van der Waals surface area contributed by atoms with Crippen LogP contribution in [0.1, 0.15) is 11.3 Å². The van der Waals surface area contributed by atoms with Gasteiger partial charge in [-0.05, 0) is 18.2 Å². The van der Waals surface area contributed by atoms with E-state index < -0.39 is 10.0 Å². The second kappa shape index (κ2) is 5.70. The van der Waals surface area contributed by atoms with Crippen LogP contribution in [0.5, 0.6) is 0 Å². The van der Waals surface area contributed by atoms with Gasteiger partial charge >= 0.3 is 0 Å². The number of rotatable bonds is 5. The van der Waals surface area contributed by atoms with E-state index in [4.69, 9.17) is 18.0 Å². The lowest BCUT2D eigenvalue weighted by molar-refractivity contribution is 0.577. The topological polar surface area (TPSA) is 90.0 Å². The molecule has 0 aliphatic rings. The number of sulfonamides is 1. The highest BCUT2D eigenvalue weighted by Gasteiger charge is 2.14. The van der Waals surface area contributed by atoms with Gasteiger partial charge in [0.2, 0.25) is 10.0 Å². The minimum atomic E-state index is -3.57. The zero-order chi connectivity index (χ0) is 14.8. The largest absolute Gasteiger partial charge is 0.389 e. The Kier molecular flexibility index (Phi) is 4.17. The molecule has 1 aromatic heterocycles. The van der Waals surface area contributed by atoms with Gasteiger partial charge < -0.3 is 5.73 Å². The van der Waals surface area contributed by atoms with Crippen LogP contribution < -0.4 is 10.5 Å². The first kappa shape index (κ1) is 14.6. The van der Waals surface area contributed by atoms with E-state index >= 15 is 0 Å². The van der Waals surface area contributed by atoms with Gasteiger partial charge in [-0.1, -0.05) is 24.4 Å². The third-order valence-corrected chi connectivity index (χ3v) is 4.47. The number of aryl methyl sites for hydroxylation is 1. The first-order chi connectivity index (χ1) is 9.40. The first-order valence-corrected chi connectivity index (χ1v) is 7.66. The molecule has 0 atom stereocenters. The van der Waals surface area contributed by atoms with E-state index in [1.54, 1.807) is 36.1 Å². The number of hydrogen-bond donors (Lipinski definition) is 2. The van der Waals surface area contributed by atoms with Crippen molar-refractivity contribution in [3.8, 4) is 0 Å². The molecule has 1 heterocycles. The molecule has 0 aliphatic heterocycles. The first-order valence-electron chi connectivity index (χ1n) is 5.76. The number of nitrogens with one attached hydrogen (secondary N) is 1. The minimum absolute atomic E-state index is 0.166. The van der Waals surface area contributed by atoms with Crippen molar-refractivity contribution in [2.45, 2.75) is 11.4 Å². The van der Waals surface area contributed by atoms with Crippen LogP contribution in [0, 0.1) is 0 Å². The monoisotopic (exact) mass is 310 g/mol. The van der Waals surface area contributed by atoms with Crippen molar-refractivity contribution in [2.24, 2.45) is 12.8 Å². The smallest absolute Gasteiger partial charge is 0.240 e. The predicted octanol–water partition coefficient (Wildman–Crippen LogP) is 0.533. The van der Waals surface area contributed by atoms with Gasteiger partial charge in [0, 0.05) is 18.8 Å². The van der Waals surface area contributed by atoms with Crippen LogP contribution in [0.3, 0.4) is 0 Å². The van der Waals surface area contributed by atoms with Gasteiger partial charge in [0.25, 0.3) is 0 Å². The third-order valence-electron chi connectivity index (χ3n) is 2.81. The average Bonchev–Trinajstić information content (AvgIpc) is 2.82. The molecule has 6 nitrogen and oxygen atoms in total. The quantitative estimate of drug-likeness (QED) is 0.786. The number of hydrogen-bond acceptors (Lipinski definition) is 4. The van der Waals surface area contributed by atoms with Gasteiger partial charge in [0.15, 0.2) is 0 Å². The van der Waals surface area contributed by atoms with Crippen LogP contribution in [-0.2, 0) is 23.6 Å². The second-order valence-corrected chi connectivity index (χ2v) is 6.37. The highest BCUT2D eigenvalue weighted by molar-refractivity contribution is 7.89. The van der Waals surface area contributed by atoms with Crippen molar-refractivity contribution < 1.29 is 8.42 Å². The highest BCUT2D eigenvalue weighted by Crippen LogP contribution is 2.11. The van der Waals surface area contributed by atoms with Gasteiger partial charge in [-0.15, -0.1) is 0 Å². The standard InChI is InChI=1S/C12H14N4O2S2/c1-16-10(6-7-14-16)8-15-20(17,18)11-4-2-9(3-5-11)12(13)19/h2-7,15H,8H2,1H3,(H2,13,19). The molecule has 0 saturated heterocycles. The number of nitrogens with zero attached hydrogens (tertiary/aromatic N) is 2. The maximum absolute atomic E-state index is 12.1. The van der Waals surface area contributed by atoms with E-state index in [0.29, 0.717) is 5.56 Å². The zero-order valence-electron chi connectivity index (χ0n) is 10.8. The lowest BCUT2D eigenvalue weighted by Gasteiger charge is -2.07. The Morgan fingerprint density at radius 1 is 1.35 bits per heavy atom. The molecular weight excluding hydrogens is 296 g/mol. The van der Waals surface area contributed by atoms with E-state index in [0.717, 1.165) is 5.69 Å². The van der Waals surface area contributed by atoms with Crippen LogP contribution >= 0.6 is 12.2 Å². The van der Waals surface area contributed by atoms with E-state index in [1.165, 1.54) is 12.1 Å². The van der Waals surface area contributed by atoms with Crippen molar-refractivity contribution >= 4 is 27.2 Å². The summed E-state index contributed by atoms with van der Waals surface area (Å²) in [6.45, 7) is 0.176. The SMILES string of the molecule is Cn1nccc1CNS(=O)(=O)c1ccc(C(N)=S)cc1. The van der Waals surface area contributed by atoms with Gasteiger partial charge in [0.1, 0.15) is 4.99 Å². The molecule has 1 aromatic carbocycles. The summed E-state index contributed by atoms with van der Waals surface area (Å²) in [5, 5.41) is 3.97. The van der Waals surface area contributed by atoms with Gasteiger partial charge in [-0.25, -0.2) is 13.1 Å². The summed E-state index contributed by atoms with van der Waals surface area (Å²) in [4.78, 5) is 0.400. The summed E-state index contributed by atoms with van der Waals surface area (Å²) in [5.74, 6) is 0. The molecule has 106 valence electrons. The summed E-state index contributed by atoms with van der Waals surface area (Å²) in [7, 11) is -1.82. The Labute approximate surface area is 122 Å². The van der Waals surface area contributed by atoms with Crippen molar-refractivity contribution in [3.63, 3.8) is 0 Å². The molecule has 0 radical (unpaired) electrons. The molecular formula is C12H14N4O2S2. The molecule has 0 amide bonds. The fraction of sp³-hybridized carbons (Fsp3) is 0.167. The molecule has 0 unspecified atom stereocenters. The summed E-state index contributed by atoms with van der Waals surface area (Å²) in [6.07, 6.45) is 1.61. The number of benzene rings is 1. The normalized spacial score (nSPS) is 11.4. The van der Waals surface area contributed by atoms with Crippen molar-refractivity contribution in [3.05, 3.63) is 47.8 Å². The molecule has 0 fully saturated rings. The molecule has 8 heteroatoms. The van der Waals surface area contributed by atoms with Gasteiger partial charge in [0.05, 0.1) is 17.1 Å². The molecule has 3 N–H and O–H groups in total. The molecule has 0 aliphatic carbocycles. The Morgan fingerprint density at radius 2 is 2.00 bits per heavy atom. The van der Waals surface area contributed by atoms with Crippen molar-refractivity contribution in [1.82, 2.24) is 14.5 Å². The van der Waals surface area contributed by atoms with Crippen LogP contribution in [0.15, 0.2) is 41.4 Å². The Balaban J connectivity index is 2.14. The molecule has 0 saturated carbocycles. The fourth-order valence-corrected chi connectivity index (χ4v) is 2.76. The summed E-state index contributed by atoms with van der Waals surface area (Å²) in [6, 6.07) is 7.86. The third kappa shape index (κ3) is 3.21. The Hall–Kier alpha value is -1.77. The van der Waals surface area contributed by atoms with Crippen molar-refractivity contribution in [2.75, 3.05) is 0 Å². The van der Waals surface area contributed by atoms with Crippen LogP contribution in [0.25, 0.3) is 0 Å². The second-order valence-electron chi connectivity index (χ2n) is 4.16. The number of aromatic nitrogens is 2. The number of nitrogens with two attached hydrogens (primary N) is 1. The van der Waals surface area contributed by atoms with Gasteiger partial charge in [-0.2, -0.15) is 5.10 Å². The zero-order valence-corrected chi connectivity index (χ0v) is 12.4. The van der Waals surface area contributed by atoms with Gasteiger partial charge in [-0.3, -0.25) is 4.68 Å². The van der Waals surface area contributed by atoms with E-state index in [1.807, 2.05) is 0 Å². The van der Waals surface area contributed by atoms with E-state index in [2.05, 4.69) is 9.82 Å². The highest BCUT2D eigenvalue weighted by atomic mass is 32.2. The van der Waals surface area contributed by atoms with E-state index in [9.17, 15) is 8.42 Å². The maximum atomic E-state index is 12.1. The Morgan fingerprint density at radius 3 is 2.50 bits per heavy atom. The lowest BCUT2D eigenvalue weighted by Crippen LogP contribution is -2.24. The molecule has 0 spiro atoms. The minimum Gasteiger partial charge on any atom is -0.389 e. The lowest BCUT2D eigenvalue weighted by atomic mass is 10.2. The van der Waals surface area contributed by atoms with Crippen LogP contribution in [0.2, 0.25) is 0 Å². The molecule has 20 heavy (non-hydrogen) atoms. The summed E-state index contributed by atoms with van der Waals surface area (Å²) in [5.41, 5.74) is 6.87. The predicted molar refractivity (Wildman–Crippen MR) is 79.6 cm³/mol. The molecule has 0 bridgehead atoms. The van der Waals surface area contributed by atoms with Crippen LogP contribution in [0.4, 0.5) is 0 Å². The fourth-order valence-electron chi connectivity index (χ4n) is 1.63.